The molecule has 0 saturated heterocycles. The van der Waals surface area contributed by atoms with Crippen molar-refractivity contribution in [2.24, 2.45) is 0 Å². The van der Waals surface area contributed by atoms with E-state index in [1.807, 2.05) is 18.2 Å². The molecule has 0 atom stereocenters. The minimum atomic E-state index is -0.0778. The highest BCUT2D eigenvalue weighted by Crippen LogP contribution is 2.32. The lowest BCUT2D eigenvalue weighted by molar-refractivity contribution is 0.300. The summed E-state index contributed by atoms with van der Waals surface area (Å²) in [7, 11) is 0. The number of nitrogens with zero attached hydrogens (tertiary/aromatic N) is 5. The van der Waals surface area contributed by atoms with Crippen molar-refractivity contribution in [3.63, 3.8) is 0 Å². The number of benzene rings is 2. The second kappa shape index (κ2) is 7.83. The Morgan fingerprint density at radius 2 is 1.62 bits per heavy atom. The Morgan fingerprint density at radius 3 is 2.28 bits per heavy atom. The molecule has 0 N–H and O–H groups in total. The van der Waals surface area contributed by atoms with Gasteiger partial charge in [-0.15, -0.1) is 0 Å². The molecule has 4 rings (SSSR count). The number of aryl methyl sites for hydroxylation is 1. The summed E-state index contributed by atoms with van der Waals surface area (Å²) in [6, 6.07) is 18.8. The summed E-state index contributed by atoms with van der Waals surface area (Å²) in [5, 5.41) is 4.05. The molecule has 6 heteroatoms. The van der Waals surface area contributed by atoms with Crippen LogP contribution in [0.5, 0.6) is 5.75 Å². The van der Waals surface area contributed by atoms with Gasteiger partial charge >= 0.3 is 0 Å². The molecule has 2 aromatic heterocycles. The Kier molecular flexibility index (Phi) is 5.08. The Morgan fingerprint density at radius 1 is 0.931 bits per heavy atom. The van der Waals surface area contributed by atoms with Crippen LogP contribution in [-0.2, 0) is 12.0 Å². The highest BCUT2D eigenvalue weighted by atomic mass is 16.5. The van der Waals surface area contributed by atoms with Crippen LogP contribution in [0.4, 0.5) is 0 Å². The fourth-order valence-electron chi connectivity index (χ4n) is 3.15. The maximum Gasteiger partial charge on any atom is 0.252 e. The van der Waals surface area contributed by atoms with Crippen molar-refractivity contribution in [2.75, 3.05) is 0 Å². The maximum atomic E-state index is 5.92. The molecule has 29 heavy (non-hydrogen) atoms. The van der Waals surface area contributed by atoms with Gasteiger partial charge in [0.05, 0.1) is 5.69 Å². The molecular weight excluding hydrogens is 362 g/mol. The summed E-state index contributed by atoms with van der Waals surface area (Å²) < 4.78 is 7.44. The first-order valence-corrected chi connectivity index (χ1v) is 9.50. The molecule has 0 aliphatic heterocycles. The summed E-state index contributed by atoms with van der Waals surface area (Å²) in [6.45, 7) is 6.93. The van der Waals surface area contributed by atoms with E-state index in [9.17, 15) is 0 Å². The van der Waals surface area contributed by atoms with E-state index in [0.29, 0.717) is 12.6 Å². The second-order valence-electron chi connectivity index (χ2n) is 7.49. The third-order valence-electron chi connectivity index (χ3n) is 5.06. The molecule has 0 aliphatic rings. The fraction of sp³-hybridized carbons (Fsp3) is 0.217. The Hall–Kier alpha value is -3.54. The quantitative estimate of drug-likeness (QED) is 0.496. The van der Waals surface area contributed by atoms with Crippen LogP contribution >= 0.6 is 0 Å². The van der Waals surface area contributed by atoms with Gasteiger partial charge in [0.1, 0.15) is 25.0 Å². The predicted octanol–water partition coefficient (Wildman–Crippen LogP) is 4.27. The fourth-order valence-corrected chi connectivity index (χ4v) is 3.15. The average molecular weight is 385 g/mol. The summed E-state index contributed by atoms with van der Waals surface area (Å²) in [5.41, 5.74) is 4.49. The molecule has 0 radical (unpaired) electrons. The number of hydrogen-bond acceptors (Lipinski definition) is 5. The zero-order chi connectivity index (χ0) is 20.3. The summed E-state index contributed by atoms with van der Waals surface area (Å²) >= 11 is 0. The Balaban J connectivity index is 1.45. The van der Waals surface area contributed by atoms with Gasteiger partial charge in [-0.1, -0.05) is 55.8 Å². The van der Waals surface area contributed by atoms with Crippen LogP contribution in [0.15, 0.2) is 73.4 Å². The standard InChI is InChI=1S/C23H23N5O/c1-17-4-6-18(7-5-17)23(2,3)19-8-10-21(11-9-19)29-14-20-12-13-25-22(27-20)28-16-24-15-26-28/h4-13,15-16H,14H2,1-3H3. The third-order valence-corrected chi connectivity index (χ3v) is 5.06. The number of ether oxygens (including phenoxy) is 1. The molecule has 0 bridgehead atoms. The largest absolute Gasteiger partial charge is 0.487 e. The maximum absolute atomic E-state index is 5.92. The summed E-state index contributed by atoms with van der Waals surface area (Å²) in [6.07, 6.45) is 4.70. The van der Waals surface area contributed by atoms with Crippen molar-refractivity contribution in [2.45, 2.75) is 32.8 Å². The molecule has 0 aliphatic carbocycles. The van der Waals surface area contributed by atoms with E-state index in [2.05, 4.69) is 77.2 Å². The normalized spacial score (nSPS) is 11.4. The van der Waals surface area contributed by atoms with Crippen molar-refractivity contribution in [3.8, 4) is 11.7 Å². The molecule has 6 nitrogen and oxygen atoms in total. The van der Waals surface area contributed by atoms with E-state index in [0.717, 1.165) is 11.4 Å². The van der Waals surface area contributed by atoms with Crippen LogP contribution in [0, 0.1) is 6.92 Å². The van der Waals surface area contributed by atoms with Crippen LogP contribution in [0.1, 0.15) is 36.2 Å². The SMILES string of the molecule is Cc1ccc(C(C)(C)c2ccc(OCc3ccnc(-n4cncn4)n3)cc2)cc1. The van der Waals surface area contributed by atoms with Gasteiger partial charge in [-0.3, -0.25) is 0 Å². The van der Waals surface area contributed by atoms with Gasteiger partial charge in [0.2, 0.25) is 0 Å². The first-order chi connectivity index (χ1) is 14.0. The first-order valence-electron chi connectivity index (χ1n) is 9.50. The van der Waals surface area contributed by atoms with E-state index >= 15 is 0 Å². The molecule has 0 spiro atoms. The summed E-state index contributed by atoms with van der Waals surface area (Å²) in [5.74, 6) is 1.27. The molecule has 0 saturated carbocycles. The molecule has 0 amide bonds. The monoisotopic (exact) mass is 385 g/mol. The van der Waals surface area contributed by atoms with Crippen LogP contribution in [0.2, 0.25) is 0 Å². The van der Waals surface area contributed by atoms with Gasteiger partial charge in [0, 0.05) is 11.6 Å². The topological polar surface area (TPSA) is 65.7 Å². The molecule has 2 aromatic carbocycles. The van der Waals surface area contributed by atoms with E-state index in [4.69, 9.17) is 4.74 Å². The van der Waals surface area contributed by atoms with Crippen LogP contribution in [-0.4, -0.2) is 24.7 Å². The number of hydrogen-bond donors (Lipinski definition) is 0. The minimum absolute atomic E-state index is 0.0778. The van der Waals surface area contributed by atoms with E-state index < -0.39 is 0 Å². The first kappa shape index (κ1) is 18.8. The van der Waals surface area contributed by atoms with Crippen LogP contribution in [0.3, 0.4) is 0 Å². The molecule has 146 valence electrons. The van der Waals surface area contributed by atoms with Crippen molar-refractivity contribution in [3.05, 3.63) is 95.8 Å². The predicted molar refractivity (Wildman–Crippen MR) is 111 cm³/mol. The average Bonchev–Trinajstić information content (AvgIpc) is 3.28. The number of aromatic nitrogens is 5. The van der Waals surface area contributed by atoms with Gasteiger partial charge in [-0.2, -0.15) is 9.78 Å². The lowest BCUT2D eigenvalue weighted by Crippen LogP contribution is -2.18. The Labute approximate surface area is 170 Å². The second-order valence-corrected chi connectivity index (χ2v) is 7.49. The van der Waals surface area contributed by atoms with E-state index in [1.54, 1.807) is 12.5 Å². The van der Waals surface area contributed by atoms with Crippen molar-refractivity contribution in [1.29, 1.82) is 0 Å². The lowest BCUT2D eigenvalue weighted by atomic mass is 9.78. The van der Waals surface area contributed by atoms with E-state index in [1.165, 1.54) is 27.7 Å². The minimum Gasteiger partial charge on any atom is -0.487 e. The van der Waals surface area contributed by atoms with Gasteiger partial charge in [0.25, 0.3) is 5.95 Å². The van der Waals surface area contributed by atoms with E-state index in [-0.39, 0.29) is 5.41 Å². The van der Waals surface area contributed by atoms with Crippen LogP contribution < -0.4 is 4.74 Å². The van der Waals surface area contributed by atoms with Gasteiger partial charge < -0.3 is 4.74 Å². The van der Waals surface area contributed by atoms with Crippen molar-refractivity contribution < 1.29 is 4.74 Å². The molecule has 0 unspecified atom stereocenters. The molecule has 2 heterocycles. The number of rotatable bonds is 6. The lowest BCUT2D eigenvalue weighted by Gasteiger charge is -2.26. The smallest absolute Gasteiger partial charge is 0.252 e. The van der Waals surface area contributed by atoms with Crippen LogP contribution in [0.25, 0.3) is 5.95 Å². The van der Waals surface area contributed by atoms with Gasteiger partial charge in [0.15, 0.2) is 0 Å². The van der Waals surface area contributed by atoms with Gasteiger partial charge in [-0.05, 0) is 36.2 Å². The van der Waals surface area contributed by atoms with Crippen molar-refractivity contribution >= 4 is 0 Å². The third kappa shape index (κ3) is 4.16. The molecular formula is C23H23N5O. The zero-order valence-corrected chi connectivity index (χ0v) is 16.8. The molecule has 0 fully saturated rings. The highest BCUT2D eigenvalue weighted by Gasteiger charge is 2.22. The Bertz CT molecular complexity index is 1070. The summed E-state index contributed by atoms with van der Waals surface area (Å²) in [4.78, 5) is 12.6. The van der Waals surface area contributed by atoms with Gasteiger partial charge in [-0.25, -0.2) is 15.0 Å². The van der Waals surface area contributed by atoms with Crippen molar-refractivity contribution in [1.82, 2.24) is 24.7 Å². The molecule has 4 aromatic rings. The zero-order valence-electron chi connectivity index (χ0n) is 16.8. The highest BCUT2D eigenvalue weighted by molar-refractivity contribution is 5.40.